The second kappa shape index (κ2) is 4.31. The molecule has 13 heavy (non-hydrogen) atoms. The van der Waals surface area contributed by atoms with E-state index in [0.717, 1.165) is 18.8 Å². The zero-order valence-electron chi connectivity index (χ0n) is 8.98. The van der Waals surface area contributed by atoms with E-state index in [9.17, 15) is 0 Å². The lowest BCUT2D eigenvalue weighted by Crippen LogP contribution is -1.86. The molecule has 0 bridgehead atoms. The molecule has 0 fully saturated rings. The van der Waals surface area contributed by atoms with E-state index in [1.165, 1.54) is 16.7 Å². The summed E-state index contributed by atoms with van der Waals surface area (Å²) < 4.78 is 5.43. The van der Waals surface area contributed by atoms with Crippen LogP contribution in [0.5, 0.6) is 5.75 Å². The molecule has 1 heteroatoms. The summed E-state index contributed by atoms with van der Waals surface area (Å²) in [6.45, 7) is 9.13. The summed E-state index contributed by atoms with van der Waals surface area (Å²) in [5.41, 5.74) is 4.06. The Hall–Kier alpha value is -0.980. The maximum absolute atomic E-state index is 5.43. The number of ether oxygens (including phenoxy) is 1. The standard InChI is InChI=1S/C10H12O.C2H6/c1-7-5-9-3-4-11-10(9)6-8(7)2;1-2/h5-6H,3-4H2,1-2H3;1-2H3. The second-order valence-electron chi connectivity index (χ2n) is 3.14. The average Bonchev–Trinajstić information content (AvgIpc) is 2.56. The van der Waals surface area contributed by atoms with Crippen molar-refractivity contribution in [1.82, 2.24) is 0 Å². The Bertz CT molecular complexity index is 260. The van der Waals surface area contributed by atoms with Gasteiger partial charge in [-0.3, -0.25) is 0 Å². The lowest BCUT2D eigenvalue weighted by atomic mass is 10.0. The highest BCUT2D eigenvalue weighted by Gasteiger charge is 2.12. The van der Waals surface area contributed by atoms with E-state index in [1.54, 1.807) is 0 Å². The molecule has 0 N–H and O–H groups in total. The van der Waals surface area contributed by atoms with Gasteiger partial charge in [0.15, 0.2) is 0 Å². The van der Waals surface area contributed by atoms with Gasteiger partial charge in [-0.05, 0) is 36.6 Å². The van der Waals surface area contributed by atoms with Crippen molar-refractivity contribution in [2.24, 2.45) is 0 Å². The first-order valence-electron chi connectivity index (χ1n) is 5.00. The Morgan fingerprint density at radius 3 is 2.38 bits per heavy atom. The van der Waals surface area contributed by atoms with Gasteiger partial charge < -0.3 is 4.74 Å². The fourth-order valence-electron chi connectivity index (χ4n) is 1.45. The Morgan fingerprint density at radius 1 is 1.08 bits per heavy atom. The average molecular weight is 178 g/mol. The third-order valence-corrected chi connectivity index (χ3v) is 2.31. The summed E-state index contributed by atoms with van der Waals surface area (Å²) in [6, 6.07) is 4.37. The molecule has 1 aromatic carbocycles. The third kappa shape index (κ3) is 2.03. The molecule has 1 nitrogen and oxygen atoms in total. The van der Waals surface area contributed by atoms with Crippen molar-refractivity contribution < 1.29 is 4.74 Å². The van der Waals surface area contributed by atoms with Crippen LogP contribution in [-0.4, -0.2) is 6.61 Å². The van der Waals surface area contributed by atoms with Crippen LogP contribution in [-0.2, 0) is 6.42 Å². The van der Waals surface area contributed by atoms with Crippen LogP contribution in [0.4, 0.5) is 0 Å². The topological polar surface area (TPSA) is 9.23 Å². The Labute approximate surface area is 80.7 Å². The van der Waals surface area contributed by atoms with E-state index < -0.39 is 0 Å². The van der Waals surface area contributed by atoms with Gasteiger partial charge in [0.1, 0.15) is 5.75 Å². The molecule has 1 aromatic rings. The molecular formula is C12H18O. The minimum atomic E-state index is 0.859. The largest absolute Gasteiger partial charge is 0.493 e. The van der Waals surface area contributed by atoms with Crippen molar-refractivity contribution in [2.45, 2.75) is 34.1 Å². The maximum Gasteiger partial charge on any atom is 0.122 e. The zero-order chi connectivity index (χ0) is 9.84. The van der Waals surface area contributed by atoms with Crippen LogP contribution < -0.4 is 4.74 Å². The number of fused-ring (bicyclic) bond motifs is 1. The monoisotopic (exact) mass is 178 g/mol. The predicted molar refractivity (Wildman–Crippen MR) is 56.5 cm³/mol. The minimum absolute atomic E-state index is 0.859. The highest BCUT2D eigenvalue weighted by Crippen LogP contribution is 2.27. The molecule has 1 aliphatic heterocycles. The lowest BCUT2D eigenvalue weighted by Gasteiger charge is -2.03. The smallest absolute Gasteiger partial charge is 0.122 e. The molecular weight excluding hydrogens is 160 g/mol. The Kier molecular flexibility index (Phi) is 3.35. The van der Waals surface area contributed by atoms with Crippen LogP contribution in [0.25, 0.3) is 0 Å². The Balaban J connectivity index is 0.000000396. The predicted octanol–water partition coefficient (Wildman–Crippen LogP) is 3.26. The molecule has 0 unspecified atom stereocenters. The van der Waals surface area contributed by atoms with E-state index in [-0.39, 0.29) is 0 Å². The lowest BCUT2D eigenvalue weighted by molar-refractivity contribution is 0.356. The maximum atomic E-state index is 5.43. The van der Waals surface area contributed by atoms with Crippen molar-refractivity contribution in [1.29, 1.82) is 0 Å². The van der Waals surface area contributed by atoms with E-state index in [2.05, 4.69) is 26.0 Å². The highest BCUT2D eigenvalue weighted by atomic mass is 16.5. The van der Waals surface area contributed by atoms with Crippen molar-refractivity contribution in [3.63, 3.8) is 0 Å². The second-order valence-corrected chi connectivity index (χ2v) is 3.14. The summed E-state index contributed by atoms with van der Waals surface area (Å²) in [7, 11) is 0. The minimum Gasteiger partial charge on any atom is -0.493 e. The van der Waals surface area contributed by atoms with Gasteiger partial charge in [0.25, 0.3) is 0 Å². The SMILES string of the molecule is CC.Cc1cc2c(cc1C)OCC2. The summed E-state index contributed by atoms with van der Waals surface area (Å²) in [4.78, 5) is 0. The molecule has 0 amide bonds. The molecule has 0 saturated carbocycles. The molecule has 1 heterocycles. The van der Waals surface area contributed by atoms with Crippen molar-refractivity contribution in [3.8, 4) is 5.75 Å². The number of aryl methyl sites for hydroxylation is 2. The van der Waals surface area contributed by atoms with Crippen LogP contribution >= 0.6 is 0 Å². The first kappa shape index (κ1) is 10.1. The molecule has 1 aliphatic rings. The van der Waals surface area contributed by atoms with Gasteiger partial charge in [0.05, 0.1) is 6.61 Å². The van der Waals surface area contributed by atoms with Crippen LogP contribution in [0.15, 0.2) is 12.1 Å². The van der Waals surface area contributed by atoms with Gasteiger partial charge in [0.2, 0.25) is 0 Å². The van der Waals surface area contributed by atoms with Gasteiger partial charge in [0, 0.05) is 6.42 Å². The summed E-state index contributed by atoms with van der Waals surface area (Å²) in [5, 5.41) is 0. The number of hydrogen-bond donors (Lipinski definition) is 0. The highest BCUT2D eigenvalue weighted by molar-refractivity contribution is 5.43. The summed E-state index contributed by atoms with van der Waals surface area (Å²) in [6.07, 6.45) is 1.08. The van der Waals surface area contributed by atoms with E-state index >= 15 is 0 Å². The molecule has 0 radical (unpaired) electrons. The molecule has 0 aromatic heterocycles. The first-order valence-corrected chi connectivity index (χ1v) is 5.00. The van der Waals surface area contributed by atoms with Gasteiger partial charge in [-0.2, -0.15) is 0 Å². The van der Waals surface area contributed by atoms with E-state index in [1.807, 2.05) is 13.8 Å². The Morgan fingerprint density at radius 2 is 1.69 bits per heavy atom. The van der Waals surface area contributed by atoms with Crippen LogP contribution in [0.2, 0.25) is 0 Å². The number of rotatable bonds is 0. The van der Waals surface area contributed by atoms with Gasteiger partial charge >= 0.3 is 0 Å². The number of hydrogen-bond acceptors (Lipinski definition) is 1. The van der Waals surface area contributed by atoms with E-state index in [4.69, 9.17) is 4.74 Å². The van der Waals surface area contributed by atoms with Crippen molar-refractivity contribution in [3.05, 3.63) is 28.8 Å². The van der Waals surface area contributed by atoms with Crippen LogP contribution in [0.3, 0.4) is 0 Å². The van der Waals surface area contributed by atoms with Crippen molar-refractivity contribution in [2.75, 3.05) is 6.61 Å². The van der Waals surface area contributed by atoms with Crippen molar-refractivity contribution >= 4 is 0 Å². The normalized spacial score (nSPS) is 12.6. The molecule has 0 spiro atoms. The quantitative estimate of drug-likeness (QED) is 0.592. The fourth-order valence-corrected chi connectivity index (χ4v) is 1.45. The van der Waals surface area contributed by atoms with Gasteiger partial charge in [-0.25, -0.2) is 0 Å². The van der Waals surface area contributed by atoms with Gasteiger partial charge in [-0.15, -0.1) is 0 Å². The van der Waals surface area contributed by atoms with Gasteiger partial charge in [-0.1, -0.05) is 19.9 Å². The molecule has 2 rings (SSSR count). The van der Waals surface area contributed by atoms with E-state index in [0.29, 0.717) is 0 Å². The van der Waals surface area contributed by atoms with Crippen LogP contribution in [0, 0.1) is 13.8 Å². The first-order chi connectivity index (χ1) is 6.27. The van der Waals surface area contributed by atoms with Crippen LogP contribution in [0.1, 0.15) is 30.5 Å². The molecule has 0 atom stereocenters. The zero-order valence-corrected chi connectivity index (χ0v) is 8.98. The molecule has 72 valence electrons. The molecule has 0 saturated heterocycles. The molecule has 0 aliphatic carbocycles. The summed E-state index contributed by atoms with van der Waals surface area (Å²) in [5.74, 6) is 1.09. The number of benzene rings is 1. The third-order valence-electron chi connectivity index (χ3n) is 2.31. The summed E-state index contributed by atoms with van der Waals surface area (Å²) >= 11 is 0. The fraction of sp³-hybridized carbons (Fsp3) is 0.500.